The van der Waals surface area contributed by atoms with Crippen LogP contribution >= 0.6 is 0 Å². The van der Waals surface area contributed by atoms with Crippen molar-refractivity contribution >= 4 is 6.09 Å². The molecule has 0 aliphatic rings. The van der Waals surface area contributed by atoms with Crippen LogP contribution < -0.4 is 15.6 Å². The maximum absolute atomic E-state index is 12.0. The van der Waals surface area contributed by atoms with Gasteiger partial charge in [0.25, 0.3) is 5.56 Å². The number of aromatic amines is 1. The molecule has 0 radical (unpaired) electrons. The summed E-state index contributed by atoms with van der Waals surface area (Å²) in [6.45, 7) is 4.14. The molecule has 0 saturated heterocycles. The van der Waals surface area contributed by atoms with Gasteiger partial charge >= 0.3 is 6.09 Å². The van der Waals surface area contributed by atoms with Crippen molar-refractivity contribution in [1.82, 2.24) is 15.3 Å². The molecule has 1 amide bonds. The Kier molecular flexibility index (Phi) is 5.66. The van der Waals surface area contributed by atoms with E-state index in [0.717, 1.165) is 22.4 Å². The molecule has 27 heavy (non-hydrogen) atoms. The lowest BCUT2D eigenvalue weighted by Crippen LogP contribution is -2.26. The maximum atomic E-state index is 12.0. The van der Waals surface area contributed by atoms with Crippen molar-refractivity contribution in [2.45, 2.75) is 26.8 Å². The standard InChI is InChI=1S/C21H21N3O3/c1-3-16-10-19(14(2)24-20(16)25)17-9-18(13-22-12-17)27-21(26)23-11-15-7-5-4-6-8-15/h4-10,12-13H,3,11H2,1-2H3,(H,23,26)(H,24,25). The molecule has 3 rings (SSSR count). The zero-order valence-corrected chi connectivity index (χ0v) is 15.3. The van der Waals surface area contributed by atoms with E-state index in [1.165, 1.54) is 6.20 Å². The number of H-pyrrole nitrogens is 1. The molecule has 0 fully saturated rings. The fourth-order valence-corrected chi connectivity index (χ4v) is 2.76. The number of carbonyl (C=O) groups is 1. The quantitative estimate of drug-likeness (QED) is 0.725. The topological polar surface area (TPSA) is 84.1 Å². The molecule has 3 aromatic rings. The summed E-state index contributed by atoms with van der Waals surface area (Å²) in [5.74, 6) is 0.335. The number of pyridine rings is 2. The lowest BCUT2D eigenvalue weighted by atomic mass is 10.0. The van der Waals surface area contributed by atoms with Crippen LogP contribution in [0, 0.1) is 6.92 Å². The Morgan fingerprint density at radius 2 is 1.96 bits per heavy atom. The highest BCUT2D eigenvalue weighted by Crippen LogP contribution is 2.25. The van der Waals surface area contributed by atoms with E-state index < -0.39 is 6.09 Å². The third-order valence-electron chi connectivity index (χ3n) is 4.21. The van der Waals surface area contributed by atoms with Crippen LogP contribution in [0.15, 0.2) is 59.7 Å². The second-order valence-corrected chi connectivity index (χ2v) is 6.15. The van der Waals surface area contributed by atoms with E-state index in [1.807, 2.05) is 50.2 Å². The summed E-state index contributed by atoms with van der Waals surface area (Å²) < 4.78 is 5.33. The molecule has 0 aliphatic heterocycles. The first-order valence-electron chi connectivity index (χ1n) is 8.74. The molecule has 0 spiro atoms. The third kappa shape index (κ3) is 4.61. The van der Waals surface area contributed by atoms with Gasteiger partial charge in [-0.3, -0.25) is 9.78 Å². The van der Waals surface area contributed by atoms with E-state index in [4.69, 9.17) is 4.74 Å². The minimum absolute atomic E-state index is 0.0839. The maximum Gasteiger partial charge on any atom is 0.412 e. The number of benzene rings is 1. The van der Waals surface area contributed by atoms with E-state index in [9.17, 15) is 9.59 Å². The van der Waals surface area contributed by atoms with E-state index in [2.05, 4.69) is 15.3 Å². The summed E-state index contributed by atoms with van der Waals surface area (Å²) in [5, 5.41) is 2.71. The van der Waals surface area contributed by atoms with Crippen LogP contribution in [0.2, 0.25) is 0 Å². The smallest absolute Gasteiger partial charge is 0.409 e. The molecule has 0 unspecified atom stereocenters. The molecule has 1 aromatic carbocycles. The van der Waals surface area contributed by atoms with E-state index in [1.54, 1.807) is 12.3 Å². The summed E-state index contributed by atoms with van der Waals surface area (Å²) in [6.07, 6.45) is 3.24. The fraction of sp³-hybridized carbons (Fsp3) is 0.190. The van der Waals surface area contributed by atoms with Gasteiger partial charge in [0.05, 0.1) is 6.20 Å². The van der Waals surface area contributed by atoms with Gasteiger partial charge in [0.15, 0.2) is 5.75 Å². The average molecular weight is 363 g/mol. The summed E-state index contributed by atoms with van der Waals surface area (Å²) in [6, 6.07) is 13.2. The molecule has 2 N–H and O–H groups in total. The molecular formula is C21H21N3O3. The predicted octanol–water partition coefficient (Wildman–Crippen LogP) is 3.60. The van der Waals surface area contributed by atoms with Crippen molar-refractivity contribution in [3.8, 4) is 16.9 Å². The summed E-state index contributed by atoms with van der Waals surface area (Å²) >= 11 is 0. The largest absolute Gasteiger partial charge is 0.412 e. The molecule has 2 heterocycles. The van der Waals surface area contributed by atoms with Gasteiger partial charge < -0.3 is 15.0 Å². The van der Waals surface area contributed by atoms with Crippen LogP contribution in [0.25, 0.3) is 11.1 Å². The molecule has 6 heteroatoms. The molecule has 0 atom stereocenters. The zero-order chi connectivity index (χ0) is 19.2. The SMILES string of the molecule is CCc1cc(-c2cncc(OC(=O)NCc3ccccc3)c2)c(C)[nH]c1=O. The summed E-state index contributed by atoms with van der Waals surface area (Å²) in [4.78, 5) is 31.0. The van der Waals surface area contributed by atoms with E-state index in [0.29, 0.717) is 24.3 Å². The van der Waals surface area contributed by atoms with Crippen molar-refractivity contribution in [1.29, 1.82) is 0 Å². The molecule has 0 saturated carbocycles. The minimum atomic E-state index is -0.551. The van der Waals surface area contributed by atoms with Gasteiger partial charge in [-0.2, -0.15) is 0 Å². The van der Waals surface area contributed by atoms with E-state index in [-0.39, 0.29) is 5.56 Å². The zero-order valence-electron chi connectivity index (χ0n) is 15.3. The Balaban J connectivity index is 1.74. The first-order chi connectivity index (χ1) is 13.1. The first kappa shape index (κ1) is 18.4. The number of ether oxygens (including phenoxy) is 1. The normalized spacial score (nSPS) is 10.4. The minimum Gasteiger partial charge on any atom is -0.409 e. The van der Waals surface area contributed by atoms with Crippen molar-refractivity contribution in [3.63, 3.8) is 0 Å². The Morgan fingerprint density at radius 1 is 1.19 bits per heavy atom. The van der Waals surface area contributed by atoms with Crippen LogP contribution in [0.3, 0.4) is 0 Å². The van der Waals surface area contributed by atoms with Crippen molar-refractivity contribution in [3.05, 3.63) is 82.0 Å². The van der Waals surface area contributed by atoms with Gasteiger partial charge in [-0.15, -0.1) is 0 Å². The van der Waals surface area contributed by atoms with Gasteiger partial charge in [-0.1, -0.05) is 37.3 Å². The van der Waals surface area contributed by atoms with Crippen molar-refractivity contribution < 1.29 is 9.53 Å². The fourth-order valence-electron chi connectivity index (χ4n) is 2.76. The molecule has 138 valence electrons. The number of aryl methyl sites for hydroxylation is 2. The third-order valence-corrected chi connectivity index (χ3v) is 4.21. The van der Waals surface area contributed by atoms with E-state index >= 15 is 0 Å². The highest BCUT2D eigenvalue weighted by atomic mass is 16.6. The Labute approximate surface area is 157 Å². The second kappa shape index (κ2) is 8.31. The van der Waals surface area contributed by atoms with Gasteiger partial charge in [0.2, 0.25) is 0 Å². The number of rotatable bonds is 5. The van der Waals surface area contributed by atoms with Gasteiger partial charge in [-0.05, 0) is 31.0 Å². The number of amides is 1. The van der Waals surface area contributed by atoms with Crippen LogP contribution in [-0.2, 0) is 13.0 Å². The molecular weight excluding hydrogens is 342 g/mol. The van der Waals surface area contributed by atoms with Gasteiger partial charge in [-0.25, -0.2) is 4.79 Å². The number of aromatic nitrogens is 2. The van der Waals surface area contributed by atoms with Crippen molar-refractivity contribution in [2.75, 3.05) is 0 Å². The molecule has 6 nitrogen and oxygen atoms in total. The number of nitrogens with zero attached hydrogens (tertiary/aromatic N) is 1. The average Bonchev–Trinajstić information content (AvgIpc) is 2.67. The summed E-state index contributed by atoms with van der Waals surface area (Å²) in [7, 11) is 0. The Morgan fingerprint density at radius 3 is 2.70 bits per heavy atom. The number of carbonyl (C=O) groups excluding carboxylic acids is 1. The number of hydrogen-bond acceptors (Lipinski definition) is 4. The summed E-state index contributed by atoms with van der Waals surface area (Å²) in [5.41, 5.74) is 3.96. The lowest BCUT2D eigenvalue weighted by Gasteiger charge is -2.10. The first-order valence-corrected chi connectivity index (χ1v) is 8.74. The van der Waals surface area contributed by atoms with Crippen LogP contribution in [0.5, 0.6) is 5.75 Å². The molecule has 0 bridgehead atoms. The van der Waals surface area contributed by atoms with Gasteiger partial charge in [0.1, 0.15) is 0 Å². The molecule has 2 aromatic heterocycles. The van der Waals surface area contributed by atoms with Crippen molar-refractivity contribution in [2.24, 2.45) is 0 Å². The van der Waals surface area contributed by atoms with Crippen LogP contribution in [0.4, 0.5) is 4.79 Å². The Bertz CT molecular complexity index is 997. The van der Waals surface area contributed by atoms with Crippen LogP contribution in [0.1, 0.15) is 23.7 Å². The number of nitrogens with one attached hydrogen (secondary N) is 2. The Hall–Kier alpha value is -3.41. The van der Waals surface area contributed by atoms with Gasteiger partial charge in [0, 0.05) is 35.1 Å². The van der Waals surface area contributed by atoms with Crippen LogP contribution in [-0.4, -0.2) is 16.1 Å². The second-order valence-electron chi connectivity index (χ2n) is 6.15. The highest BCUT2D eigenvalue weighted by Gasteiger charge is 2.10. The highest BCUT2D eigenvalue weighted by molar-refractivity contribution is 5.72. The predicted molar refractivity (Wildman–Crippen MR) is 104 cm³/mol. The monoisotopic (exact) mass is 363 g/mol. The number of hydrogen-bond donors (Lipinski definition) is 2. The lowest BCUT2D eigenvalue weighted by molar-refractivity contribution is 0.200. The molecule has 0 aliphatic carbocycles.